The number of hydrogen-bond donors (Lipinski definition) is 2. The number of carbonyl (C=O) groups is 1. The number of nitrogens with zero attached hydrogens (tertiary/aromatic N) is 1. The Bertz CT molecular complexity index is 1730. The lowest BCUT2D eigenvalue weighted by Crippen LogP contribution is -2.33. The molecular formula is C34H29Cl3N2O4S2. The van der Waals surface area contributed by atoms with E-state index in [-0.39, 0.29) is 25.4 Å². The molecular weight excluding hydrogens is 671 g/mol. The summed E-state index contributed by atoms with van der Waals surface area (Å²) in [6, 6.07) is 32.0. The van der Waals surface area contributed by atoms with Gasteiger partial charge >= 0.3 is 0 Å². The number of benzene rings is 4. The molecule has 45 heavy (non-hydrogen) atoms. The van der Waals surface area contributed by atoms with Gasteiger partial charge in [0, 0.05) is 24.3 Å². The van der Waals surface area contributed by atoms with Crippen molar-refractivity contribution in [1.29, 1.82) is 0 Å². The quantitative estimate of drug-likeness (QED) is 0.118. The molecule has 0 unspecified atom stereocenters. The molecule has 0 saturated carbocycles. The summed E-state index contributed by atoms with van der Waals surface area (Å²) in [4.78, 5) is 16.7. The lowest BCUT2D eigenvalue weighted by atomic mass is 9.99. The molecule has 232 valence electrons. The second-order valence-corrected chi connectivity index (χ2v) is 15.2. The topological polar surface area (TPSA) is 80.7 Å². The van der Waals surface area contributed by atoms with Crippen LogP contribution in [0.15, 0.2) is 101 Å². The first-order valence-electron chi connectivity index (χ1n) is 14.3. The largest absolute Gasteiger partial charge is 0.392 e. The zero-order chi connectivity index (χ0) is 31.4. The number of aliphatic hydroxyl groups is 1. The minimum atomic E-state index is -2.01. The van der Waals surface area contributed by atoms with E-state index in [1.807, 2.05) is 91.0 Å². The second-order valence-electron chi connectivity index (χ2n) is 10.6. The van der Waals surface area contributed by atoms with Crippen LogP contribution >= 0.6 is 57.9 Å². The molecule has 1 saturated heterocycles. The fraction of sp³-hybridized carbons (Fsp3) is 0.235. The molecule has 1 fully saturated rings. The molecule has 0 spiro atoms. The Kier molecular flexibility index (Phi) is 10.3. The summed E-state index contributed by atoms with van der Waals surface area (Å²) >= 11 is 20.4. The molecule has 1 amide bonds. The summed E-state index contributed by atoms with van der Waals surface area (Å²) in [5.41, 5.74) is 6.69. The van der Waals surface area contributed by atoms with Crippen molar-refractivity contribution in [3.8, 4) is 11.1 Å². The highest BCUT2D eigenvalue weighted by molar-refractivity contribution is 8.01. The second kappa shape index (κ2) is 14.4. The van der Waals surface area contributed by atoms with Crippen molar-refractivity contribution in [2.75, 3.05) is 5.75 Å². The van der Waals surface area contributed by atoms with E-state index >= 15 is 0 Å². The number of ether oxygens (including phenoxy) is 2. The van der Waals surface area contributed by atoms with Crippen LogP contribution in [0.5, 0.6) is 0 Å². The smallest absolute Gasteiger partial charge is 0.272 e. The number of rotatable bonds is 9. The minimum absolute atomic E-state index is 0.00216. The lowest BCUT2D eigenvalue weighted by Gasteiger charge is -2.36. The summed E-state index contributed by atoms with van der Waals surface area (Å²) in [5.74, 6) is 0.0686. The van der Waals surface area contributed by atoms with Crippen LogP contribution < -0.4 is 5.32 Å². The van der Waals surface area contributed by atoms with Gasteiger partial charge in [0.25, 0.3) is 9.70 Å². The molecule has 0 radical (unpaired) electrons. The average molecular weight is 700 g/mol. The predicted molar refractivity (Wildman–Crippen MR) is 183 cm³/mol. The van der Waals surface area contributed by atoms with E-state index in [0.717, 1.165) is 49.0 Å². The van der Waals surface area contributed by atoms with Crippen LogP contribution in [0.2, 0.25) is 0 Å². The molecule has 4 aromatic carbocycles. The summed E-state index contributed by atoms with van der Waals surface area (Å²) in [5, 5.41) is 12.1. The van der Waals surface area contributed by atoms with E-state index in [2.05, 4.69) is 11.4 Å². The van der Waals surface area contributed by atoms with Gasteiger partial charge in [-0.25, -0.2) is 4.98 Å². The van der Waals surface area contributed by atoms with Crippen molar-refractivity contribution in [1.82, 2.24) is 10.3 Å². The van der Waals surface area contributed by atoms with Gasteiger partial charge in [-0.3, -0.25) is 4.79 Å². The number of nitrogens with one attached hydrogen (secondary N) is 1. The van der Waals surface area contributed by atoms with Gasteiger partial charge in [-0.2, -0.15) is 0 Å². The van der Waals surface area contributed by atoms with Crippen LogP contribution in [0, 0.1) is 0 Å². The van der Waals surface area contributed by atoms with Gasteiger partial charge < -0.3 is 19.9 Å². The van der Waals surface area contributed by atoms with Gasteiger partial charge in [-0.15, -0.1) is 11.3 Å². The highest BCUT2D eigenvalue weighted by Crippen LogP contribution is 2.40. The molecule has 2 N–H and O–H groups in total. The van der Waals surface area contributed by atoms with Crippen molar-refractivity contribution >= 4 is 74.0 Å². The SMILES string of the molecule is O=C(NCc1cccc(-c2ccc([C@@H]3O[C@H](CSc4nc5ccccc5s4)C[C@H](c4ccc(CO)cc4)O3)cc2)c1)C(Cl)(Cl)Cl. The van der Waals surface area contributed by atoms with E-state index in [4.69, 9.17) is 49.3 Å². The van der Waals surface area contributed by atoms with Gasteiger partial charge in [-0.05, 0) is 46.0 Å². The van der Waals surface area contributed by atoms with E-state index in [9.17, 15) is 9.90 Å². The fourth-order valence-corrected chi connectivity index (χ4v) is 7.39. The summed E-state index contributed by atoms with van der Waals surface area (Å²) in [6.45, 7) is 0.233. The Labute approximate surface area is 284 Å². The number of alkyl halides is 3. The van der Waals surface area contributed by atoms with Crippen molar-refractivity contribution in [3.63, 3.8) is 0 Å². The number of thiazole rings is 1. The third-order valence-electron chi connectivity index (χ3n) is 7.44. The molecule has 2 heterocycles. The van der Waals surface area contributed by atoms with E-state index < -0.39 is 16.0 Å². The van der Waals surface area contributed by atoms with Crippen LogP contribution in [-0.4, -0.2) is 31.6 Å². The molecule has 0 aliphatic carbocycles. The molecule has 0 bridgehead atoms. The van der Waals surface area contributed by atoms with E-state index in [1.54, 1.807) is 23.1 Å². The molecule has 1 aromatic heterocycles. The molecule has 5 aromatic rings. The highest BCUT2D eigenvalue weighted by Gasteiger charge is 2.33. The molecule has 6 nitrogen and oxygen atoms in total. The summed E-state index contributed by atoms with van der Waals surface area (Å²) in [6.07, 6.45) is -0.0916. The first-order valence-corrected chi connectivity index (χ1v) is 17.2. The Balaban J connectivity index is 1.18. The molecule has 11 heteroatoms. The first-order chi connectivity index (χ1) is 21.7. The number of thioether (sulfide) groups is 1. The normalized spacial score (nSPS) is 18.6. The van der Waals surface area contributed by atoms with E-state index in [1.165, 1.54) is 4.70 Å². The van der Waals surface area contributed by atoms with Crippen molar-refractivity contribution in [2.45, 2.75) is 46.2 Å². The van der Waals surface area contributed by atoms with Crippen LogP contribution in [0.1, 0.15) is 41.1 Å². The number of hydrogen-bond acceptors (Lipinski definition) is 7. The standard InChI is InChI=1S/C34H29Cl3N2O4S2/c35-34(36,37)32(41)38-18-22-4-3-5-26(16-22)23-12-14-25(15-13-23)31-42-27(17-29(43-31)24-10-8-21(19-40)9-11-24)20-44-33-39-28-6-1-2-7-30(28)45-33/h1-16,27,29,31,40H,17-20H2,(H,38,41)/t27-,29+,31+/m0/s1. The first kappa shape index (κ1) is 32.3. The molecule has 1 aliphatic heterocycles. The number of carbonyl (C=O) groups excluding carboxylic acids is 1. The van der Waals surface area contributed by atoms with Crippen LogP contribution in [0.4, 0.5) is 0 Å². The zero-order valence-electron chi connectivity index (χ0n) is 23.9. The molecule has 3 atom stereocenters. The van der Waals surface area contributed by atoms with Crippen molar-refractivity contribution in [3.05, 3.63) is 119 Å². The third-order valence-corrected chi connectivity index (χ3v) is 10.3. The number of aliphatic hydroxyl groups excluding tert-OH is 1. The van der Waals surface area contributed by atoms with Crippen molar-refractivity contribution in [2.24, 2.45) is 0 Å². The molecule has 6 rings (SSSR count). The zero-order valence-corrected chi connectivity index (χ0v) is 27.8. The third kappa shape index (κ3) is 8.20. The number of para-hydroxylation sites is 1. The molecule has 1 aliphatic rings. The van der Waals surface area contributed by atoms with Crippen LogP contribution in [0.3, 0.4) is 0 Å². The highest BCUT2D eigenvalue weighted by atomic mass is 35.6. The number of aromatic nitrogens is 1. The fourth-order valence-electron chi connectivity index (χ4n) is 5.08. The van der Waals surface area contributed by atoms with Gasteiger partial charge in [-0.1, -0.05) is 125 Å². The van der Waals surface area contributed by atoms with Crippen molar-refractivity contribution < 1.29 is 19.4 Å². The Morgan fingerprint density at radius 1 is 0.911 bits per heavy atom. The number of halogens is 3. The van der Waals surface area contributed by atoms with Crippen LogP contribution in [-0.2, 0) is 27.4 Å². The van der Waals surface area contributed by atoms with E-state index in [0.29, 0.717) is 6.42 Å². The maximum atomic E-state index is 12.0. The predicted octanol–water partition coefficient (Wildman–Crippen LogP) is 8.78. The van der Waals surface area contributed by atoms with Gasteiger partial charge in [0.05, 0.1) is 29.0 Å². The van der Waals surface area contributed by atoms with Crippen LogP contribution in [0.25, 0.3) is 21.3 Å². The number of fused-ring (bicyclic) bond motifs is 1. The lowest BCUT2D eigenvalue weighted by molar-refractivity contribution is -0.245. The number of amides is 1. The summed E-state index contributed by atoms with van der Waals surface area (Å²) in [7, 11) is 0. The Hall–Kier alpha value is -2.66. The van der Waals surface area contributed by atoms with Gasteiger partial charge in [0.15, 0.2) is 10.6 Å². The van der Waals surface area contributed by atoms with Gasteiger partial charge in [0.2, 0.25) is 0 Å². The summed E-state index contributed by atoms with van der Waals surface area (Å²) < 4.78 is 13.2. The average Bonchev–Trinajstić information content (AvgIpc) is 3.49. The minimum Gasteiger partial charge on any atom is -0.392 e. The Morgan fingerprint density at radius 2 is 1.67 bits per heavy atom. The Morgan fingerprint density at radius 3 is 2.40 bits per heavy atom. The maximum Gasteiger partial charge on any atom is 0.272 e. The van der Waals surface area contributed by atoms with Gasteiger partial charge in [0.1, 0.15) is 0 Å². The maximum absolute atomic E-state index is 12.0. The monoisotopic (exact) mass is 698 g/mol.